The number of ether oxygens (including phenoxy) is 1. The Morgan fingerprint density at radius 3 is 2.75 bits per heavy atom. The second-order valence-corrected chi connectivity index (χ2v) is 8.89. The summed E-state index contributed by atoms with van der Waals surface area (Å²) >= 11 is 7.06. The van der Waals surface area contributed by atoms with Crippen LogP contribution in [0.2, 0.25) is 5.02 Å². The first-order valence-electron chi connectivity index (χ1n) is 10.9. The molecule has 1 saturated heterocycles. The number of carbonyl (C=O) groups is 2. The van der Waals surface area contributed by atoms with Crippen molar-refractivity contribution >= 4 is 57.9 Å². The van der Waals surface area contributed by atoms with E-state index in [1.165, 1.54) is 28.8 Å². The lowest BCUT2D eigenvalue weighted by Crippen LogP contribution is -2.28. The normalized spacial score (nSPS) is 15.6. The van der Waals surface area contributed by atoms with E-state index in [9.17, 15) is 19.7 Å². The highest BCUT2D eigenvalue weighted by atomic mass is 35.5. The fourth-order valence-corrected chi connectivity index (χ4v) is 4.67. The molecule has 0 atom stereocenters. The Morgan fingerprint density at radius 1 is 1.22 bits per heavy atom. The van der Waals surface area contributed by atoms with Crippen LogP contribution < -0.4 is 0 Å². The Morgan fingerprint density at radius 2 is 2.03 bits per heavy atom. The minimum absolute atomic E-state index is 0.181. The molecule has 0 aliphatic carbocycles. The van der Waals surface area contributed by atoms with Gasteiger partial charge in [0.2, 0.25) is 0 Å². The minimum Gasteiger partial charge on any atom is -0.462 e. The van der Waals surface area contributed by atoms with E-state index in [4.69, 9.17) is 20.8 Å². The van der Waals surface area contributed by atoms with Crippen molar-refractivity contribution in [3.8, 4) is 11.3 Å². The number of furan rings is 1. The molecule has 36 heavy (non-hydrogen) atoms. The average Bonchev–Trinajstić information content (AvgIpc) is 3.43. The number of carbonyl (C=O) groups excluding carboxylic acids is 2. The molecule has 1 amide bonds. The van der Waals surface area contributed by atoms with Gasteiger partial charge >= 0.3 is 5.97 Å². The van der Waals surface area contributed by atoms with E-state index >= 15 is 0 Å². The zero-order chi connectivity index (χ0) is 25.8. The highest BCUT2D eigenvalue weighted by Crippen LogP contribution is 2.37. The van der Waals surface area contributed by atoms with Crippen LogP contribution in [-0.2, 0) is 9.53 Å². The molecular formula is C25H20ClN3O6S. The molecule has 4 rings (SSSR count). The van der Waals surface area contributed by atoms with Crippen molar-refractivity contribution in [1.29, 1.82) is 0 Å². The van der Waals surface area contributed by atoms with Gasteiger partial charge in [-0.05, 0) is 68.1 Å². The lowest BCUT2D eigenvalue weighted by molar-refractivity contribution is -0.384. The van der Waals surface area contributed by atoms with Crippen molar-refractivity contribution in [1.82, 2.24) is 4.90 Å². The lowest BCUT2D eigenvalue weighted by Gasteiger charge is -2.12. The minimum atomic E-state index is -0.531. The van der Waals surface area contributed by atoms with Gasteiger partial charge in [0.15, 0.2) is 5.17 Å². The van der Waals surface area contributed by atoms with Crippen LogP contribution in [0.4, 0.5) is 11.4 Å². The number of esters is 1. The molecule has 1 aliphatic heterocycles. The Balaban J connectivity index is 1.62. The number of hydrogen-bond acceptors (Lipinski definition) is 8. The molecule has 0 radical (unpaired) electrons. The summed E-state index contributed by atoms with van der Waals surface area (Å²) in [6, 6.07) is 14.2. The Labute approximate surface area is 215 Å². The van der Waals surface area contributed by atoms with E-state index in [0.717, 1.165) is 0 Å². The highest BCUT2D eigenvalue weighted by Gasteiger charge is 2.32. The molecule has 184 valence electrons. The SMILES string of the molecule is CCOC(=O)c1cccc(N=C2SC(=Cc3ccc(-c4ccc(Cl)cc4[N+](=O)[O-])o3)C(=O)N2CC)c1. The van der Waals surface area contributed by atoms with E-state index in [0.29, 0.717) is 33.6 Å². The Bertz CT molecular complexity index is 1410. The third-order valence-corrected chi connectivity index (χ3v) is 6.35. The van der Waals surface area contributed by atoms with Gasteiger partial charge in [0, 0.05) is 23.7 Å². The molecule has 1 aromatic heterocycles. The third-order valence-electron chi connectivity index (χ3n) is 5.11. The third kappa shape index (κ3) is 5.34. The summed E-state index contributed by atoms with van der Waals surface area (Å²) in [6.07, 6.45) is 1.57. The van der Waals surface area contributed by atoms with Crippen molar-refractivity contribution < 1.29 is 23.7 Å². The zero-order valence-electron chi connectivity index (χ0n) is 19.3. The average molecular weight is 526 g/mol. The second kappa shape index (κ2) is 10.8. The first kappa shape index (κ1) is 25.2. The topological polar surface area (TPSA) is 115 Å². The number of amidine groups is 1. The first-order valence-corrected chi connectivity index (χ1v) is 12.1. The fraction of sp³-hybridized carbons (Fsp3) is 0.160. The van der Waals surface area contributed by atoms with Crippen LogP contribution in [-0.4, -0.2) is 40.0 Å². The van der Waals surface area contributed by atoms with Crippen molar-refractivity contribution in [2.45, 2.75) is 13.8 Å². The monoisotopic (exact) mass is 525 g/mol. The Kier molecular flexibility index (Phi) is 7.56. The van der Waals surface area contributed by atoms with Crippen LogP contribution in [0.15, 0.2) is 68.9 Å². The van der Waals surface area contributed by atoms with Gasteiger partial charge in [-0.3, -0.25) is 19.8 Å². The predicted molar refractivity (Wildman–Crippen MR) is 138 cm³/mol. The van der Waals surface area contributed by atoms with Crippen molar-refractivity contribution in [3.05, 3.63) is 86.0 Å². The van der Waals surface area contributed by atoms with Gasteiger partial charge in [0.05, 0.1) is 33.2 Å². The van der Waals surface area contributed by atoms with E-state index < -0.39 is 10.9 Å². The molecule has 2 heterocycles. The summed E-state index contributed by atoms with van der Waals surface area (Å²) in [6.45, 7) is 4.21. The smallest absolute Gasteiger partial charge is 0.338 e. The quantitative estimate of drug-likeness (QED) is 0.153. The van der Waals surface area contributed by atoms with Gasteiger partial charge in [-0.25, -0.2) is 9.79 Å². The number of rotatable bonds is 7. The number of nitrogens with zero attached hydrogens (tertiary/aromatic N) is 3. The number of benzene rings is 2. The summed E-state index contributed by atoms with van der Waals surface area (Å²) in [7, 11) is 0. The fourth-order valence-electron chi connectivity index (χ4n) is 3.47. The summed E-state index contributed by atoms with van der Waals surface area (Å²) in [5.41, 5.74) is 0.967. The maximum absolute atomic E-state index is 13.0. The van der Waals surface area contributed by atoms with E-state index in [2.05, 4.69) is 4.99 Å². The van der Waals surface area contributed by atoms with E-state index in [-0.39, 0.29) is 34.5 Å². The lowest BCUT2D eigenvalue weighted by atomic mass is 10.1. The molecule has 0 spiro atoms. The standard InChI is InChI=1S/C25H20ClN3O6S/c1-3-28-23(30)22(36-25(28)27-17-7-5-6-15(12-17)24(31)34-4-2)14-18-9-11-21(35-18)19-10-8-16(26)13-20(19)29(32)33/h5-14H,3-4H2,1-2H3. The number of halogens is 1. The van der Waals surface area contributed by atoms with Gasteiger partial charge < -0.3 is 9.15 Å². The molecule has 0 saturated carbocycles. The van der Waals surface area contributed by atoms with Crippen LogP contribution in [0.3, 0.4) is 0 Å². The second-order valence-electron chi connectivity index (χ2n) is 7.45. The molecule has 2 aromatic carbocycles. The number of amides is 1. The number of likely N-dealkylation sites (N-methyl/N-ethyl adjacent to an activating group) is 1. The number of nitro groups is 1. The maximum atomic E-state index is 13.0. The van der Waals surface area contributed by atoms with Crippen molar-refractivity contribution in [3.63, 3.8) is 0 Å². The molecule has 11 heteroatoms. The van der Waals surface area contributed by atoms with Gasteiger partial charge in [0.25, 0.3) is 11.6 Å². The Hall–Kier alpha value is -3.89. The van der Waals surface area contributed by atoms with Crippen LogP contribution in [0.25, 0.3) is 17.4 Å². The predicted octanol–water partition coefficient (Wildman–Crippen LogP) is 6.31. The summed E-state index contributed by atoms with van der Waals surface area (Å²) < 4.78 is 10.8. The van der Waals surface area contributed by atoms with Crippen LogP contribution in [0.1, 0.15) is 30.0 Å². The molecule has 1 aliphatic rings. The van der Waals surface area contributed by atoms with Gasteiger partial charge in [0.1, 0.15) is 11.5 Å². The number of thioether (sulfide) groups is 1. The molecule has 3 aromatic rings. The highest BCUT2D eigenvalue weighted by molar-refractivity contribution is 8.18. The molecular weight excluding hydrogens is 506 g/mol. The molecule has 9 nitrogen and oxygen atoms in total. The molecule has 0 unspecified atom stereocenters. The van der Waals surface area contributed by atoms with E-state index in [1.54, 1.807) is 55.5 Å². The van der Waals surface area contributed by atoms with Crippen LogP contribution >= 0.6 is 23.4 Å². The zero-order valence-corrected chi connectivity index (χ0v) is 20.8. The first-order chi connectivity index (χ1) is 17.3. The van der Waals surface area contributed by atoms with Crippen LogP contribution in [0.5, 0.6) is 0 Å². The van der Waals surface area contributed by atoms with Crippen molar-refractivity contribution in [2.24, 2.45) is 4.99 Å². The molecule has 1 fully saturated rings. The van der Waals surface area contributed by atoms with Gasteiger partial charge in [-0.2, -0.15) is 0 Å². The summed E-state index contributed by atoms with van der Waals surface area (Å²) in [4.78, 5) is 42.4. The largest absolute Gasteiger partial charge is 0.462 e. The van der Waals surface area contributed by atoms with Crippen LogP contribution in [0, 0.1) is 10.1 Å². The molecule has 0 bridgehead atoms. The maximum Gasteiger partial charge on any atom is 0.338 e. The van der Waals surface area contributed by atoms with Gasteiger partial charge in [-0.1, -0.05) is 17.7 Å². The van der Waals surface area contributed by atoms with Gasteiger partial charge in [-0.15, -0.1) is 0 Å². The number of aliphatic imine (C=N–C) groups is 1. The number of hydrogen-bond donors (Lipinski definition) is 0. The number of nitro benzene ring substituents is 1. The molecule has 0 N–H and O–H groups in total. The van der Waals surface area contributed by atoms with Crippen molar-refractivity contribution in [2.75, 3.05) is 13.2 Å². The summed E-state index contributed by atoms with van der Waals surface area (Å²) in [5, 5.41) is 12.1. The van der Waals surface area contributed by atoms with E-state index in [1.807, 2.05) is 6.92 Å². The summed E-state index contributed by atoms with van der Waals surface area (Å²) in [5.74, 6) is -0.0696.